The molecule has 0 bridgehead atoms. The van der Waals surface area contributed by atoms with Gasteiger partial charge in [-0.1, -0.05) is 33.6 Å². The second-order valence-electron chi connectivity index (χ2n) is 5.47. The third-order valence-corrected chi connectivity index (χ3v) is 5.78. The average Bonchev–Trinajstić information content (AvgIpc) is 2.51. The Bertz CT molecular complexity index is 833. The molecule has 24 heavy (non-hydrogen) atoms. The largest absolute Gasteiger partial charge is 0.326 e. The zero-order valence-corrected chi connectivity index (χ0v) is 15.9. The monoisotopic (exact) mass is 410 g/mol. The van der Waals surface area contributed by atoms with Crippen LogP contribution < -0.4 is 10.0 Å². The van der Waals surface area contributed by atoms with Crippen molar-refractivity contribution in [1.82, 2.24) is 4.72 Å². The van der Waals surface area contributed by atoms with Gasteiger partial charge in [0.05, 0.1) is 4.90 Å². The van der Waals surface area contributed by atoms with Crippen LogP contribution in [0.5, 0.6) is 0 Å². The fourth-order valence-corrected chi connectivity index (χ4v) is 3.32. The Kier molecular flexibility index (Phi) is 6.15. The summed E-state index contributed by atoms with van der Waals surface area (Å²) < 4.78 is 27.6. The molecule has 0 aliphatic carbocycles. The third-order valence-electron chi connectivity index (χ3n) is 3.42. The summed E-state index contributed by atoms with van der Waals surface area (Å²) in [7, 11) is -3.59. The quantitative estimate of drug-likeness (QED) is 0.766. The first-order chi connectivity index (χ1) is 11.3. The predicted octanol–water partition coefficient (Wildman–Crippen LogP) is 3.37. The highest BCUT2D eigenvalue weighted by Gasteiger charge is 2.13. The maximum Gasteiger partial charge on any atom is 0.240 e. The van der Waals surface area contributed by atoms with Crippen LogP contribution in [-0.2, 0) is 14.8 Å². The van der Waals surface area contributed by atoms with Gasteiger partial charge in [-0.25, -0.2) is 13.1 Å². The number of aryl methyl sites for hydroxylation is 2. The number of halogens is 1. The molecule has 2 N–H and O–H groups in total. The second kappa shape index (κ2) is 7.92. The van der Waals surface area contributed by atoms with Crippen LogP contribution in [0.1, 0.15) is 17.5 Å². The molecule has 0 saturated heterocycles. The van der Waals surface area contributed by atoms with Crippen LogP contribution in [-0.4, -0.2) is 20.9 Å². The standard InChI is InChI=1S/C17H19BrN2O3S/c1-12-3-6-15(7-4-12)24(22,23)19-10-9-17(21)20-14-5-8-16(18)13(2)11-14/h3-8,11,19H,9-10H2,1-2H3,(H,20,21). The third kappa shape index (κ3) is 5.15. The van der Waals surface area contributed by atoms with Gasteiger partial charge < -0.3 is 5.32 Å². The number of rotatable bonds is 6. The molecule has 0 heterocycles. The summed E-state index contributed by atoms with van der Waals surface area (Å²) in [6, 6.07) is 12.0. The second-order valence-corrected chi connectivity index (χ2v) is 8.09. The Morgan fingerprint density at radius 2 is 1.75 bits per heavy atom. The van der Waals surface area contributed by atoms with Gasteiger partial charge in [0, 0.05) is 23.1 Å². The Hall–Kier alpha value is -1.70. The molecule has 0 radical (unpaired) electrons. The van der Waals surface area contributed by atoms with E-state index in [1.54, 1.807) is 30.3 Å². The molecule has 0 spiro atoms. The lowest BCUT2D eigenvalue weighted by Gasteiger charge is -2.09. The first kappa shape index (κ1) is 18.6. The first-order valence-corrected chi connectivity index (χ1v) is 9.68. The Balaban J connectivity index is 1.87. The molecule has 0 atom stereocenters. The van der Waals surface area contributed by atoms with E-state index in [1.165, 1.54) is 0 Å². The zero-order valence-electron chi connectivity index (χ0n) is 13.5. The molecule has 128 valence electrons. The fourth-order valence-electron chi connectivity index (χ4n) is 2.05. The van der Waals surface area contributed by atoms with E-state index in [-0.39, 0.29) is 23.8 Å². The number of carbonyl (C=O) groups excluding carboxylic acids is 1. The molecule has 2 aromatic rings. The molecule has 2 aromatic carbocycles. The first-order valence-electron chi connectivity index (χ1n) is 7.40. The smallest absolute Gasteiger partial charge is 0.240 e. The van der Waals surface area contributed by atoms with Crippen LogP contribution in [0.3, 0.4) is 0 Å². The Morgan fingerprint density at radius 1 is 1.08 bits per heavy atom. The van der Waals surface area contributed by atoms with Crippen molar-refractivity contribution in [3.63, 3.8) is 0 Å². The number of amides is 1. The van der Waals surface area contributed by atoms with E-state index >= 15 is 0 Å². The summed E-state index contributed by atoms with van der Waals surface area (Å²) in [5.74, 6) is -0.247. The van der Waals surface area contributed by atoms with Gasteiger partial charge in [-0.3, -0.25) is 4.79 Å². The molecular weight excluding hydrogens is 392 g/mol. The normalized spacial score (nSPS) is 11.3. The van der Waals surface area contributed by atoms with Gasteiger partial charge in [-0.05, 0) is 49.7 Å². The SMILES string of the molecule is Cc1ccc(S(=O)(=O)NCCC(=O)Nc2ccc(Br)c(C)c2)cc1. The molecule has 0 aromatic heterocycles. The summed E-state index contributed by atoms with van der Waals surface area (Å²) in [6.45, 7) is 3.85. The highest BCUT2D eigenvalue weighted by molar-refractivity contribution is 9.10. The van der Waals surface area contributed by atoms with Crippen molar-refractivity contribution >= 4 is 37.5 Å². The van der Waals surface area contributed by atoms with E-state index in [9.17, 15) is 13.2 Å². The average molecular weight is 411 g/mol. The number of carbonyl (C=O) groups is 1. The molecular formula is C17H19BrN2O3S. The lowest BCUT2D eigenvalue weighted by molar-refractivity contribution is -0.116. The molecule has 0 aliphatic heterocycles. The van der Waals surface area contributed by atoms with Crippen molar-refractivity contribution in [2.24, 2.45) is 0 Å². The van der Waals surface area contributed by atoms with Crippen LogP contribution in [0, 0.1) is 13.8 Å². The lowest BCUT2D eigenvalue weighted by Crippen LogP contribution is -2.27. The fraction of sp³-hybridized carbons (Fsp3) is 0.235. The van der Waals surface area contributed by atoms with E-state index < -0.39 is 10.0 Å². The minimum Gasteiger partial charge on any atom is -0.326 e. The van der Waals surface area contributed by atoms with Crippen LogP contribution in [0.2, 0.25) is 0 Å². The zero-order chi connectivity index (χ0) is 17.7. The van der Waals surface area contributed by atoms with Crippen molar-refractivity contribution in [2.75, 3.05) is 11.9 Å². The predicted molar refractivity (Wildman–Crippen MR) is 98.5 cm³/mol. The van der Waals surface area contributed by atoms with E-state index in [4.69, 9.17) is 0 Å². The lowest BCUT2D eigenvalue weighted by atomic mass is 10.2. The molecule has 0 saturated carbocycles. The van der Waals surface area contributed by atoms with E-state index in [0.29, 0.717) is 5.69 Å². The summed E-state index contributed by atoms with van der Waals surface area (Å²) in [5.41, 5.74) is 2.67. The van der Waals surface area contributed by atoms with E-state index in [2.05, 4.69) is 26.0 Å². The summed E-state index contributed by atoms with van der Waals surface area (Å²) in [5, 5.41) is 2.75. The van der Waals surface area contributed by atoms with Crippen LogP contribution in [0.15, 0.2) is 51.8 Å². The number of hydrogen-bond donors (Lipinski definition) is 2. The van der Waals surface area contributed by atoms with Crippen molar-refractivity contribution in [3.05, 3.63) is 58.1 Å². The number of benzene rings is 2. The van der Waals surface area contributed by atoms with Crippen LogP contribution in [0.25, 0.3) is 0 Å². The molecule has 0 aliphatic rings. The van der Waals surface area contributed by atoms with Crippen molar-refractivity contribution < 1.29 is 13.2 Å². The number of sulfonamides is 1. The van der Waals surface area contributed by atoms with E-state index in [0.717, 1.165) is 15.6 Å². The minimum atomic E-state index is -3.59. The van der Waals surface area contributed by atoms with Crippen LogP contribution in [0.4, 0.5) is 5.69 Å². The van der Waals surface area contributed by atoms with Gasteiger partial charge in [0.2, 0.25) is 15.9 Å². The summed E-state index contributed by atoms with van der Waals surface area (Å²) in [4.78, 5) is 12.1. The maximum absolute atomic E-state index is 12.1. The topological polar surface area (TPSA) is 75.3 Å². The highest BCUT2D eigenvalue weighted by atomic mass is 79.9. The summed E-state index contributed by atoms with van der Waals surface area (Å²) in [6.07, 6.45) is 0.0558. The Morgan fingerprint density at radius 3 is 2.38 bits per heavy atom. The van der Waals surface area contributed by atoms with Gasteiger partial charge in [0.1, 0.15) is 0 Å². The van der Waals surface area contributed by atoms with Gasteiger partial charge in [0.25, 0.3) is 0 Å². The summed E-state index contributed by atoms with van der Waals surface area (Å²) >= 11 is 3.40. The molecule has 2 rings (SSSR count). The number of hydrogen-bond acceptors (Lipinski definition) is 3. The minimum absolute atomic E-state index is 0.0392. The number of nitrogens with one attached hydrogen (secondary N) is 2. The van der Waals surface area contributed by atoms with Gasteiger partial charge in [0.15, 0.2) is 0 Å². The molecule has 0 unspecified atom stereocenters. The maximum atomic E-state index is 12.1. The van der Waals surface area contributed by atoms with Crippen molar-refractivity contribution in [1.29, 1.82) is 0 Å². The van der Waals surface area contributed by atoms with Crippen LogP contribution >= 0.6 is 15.9 Å². The van der Waals surface area contributed by atoms with Crippen molar-refractivity contribution in [3.8, 4) is 0 Å². The molecule has 5 nitrogen and oxygen atoms in total. The van der Waals surface area contributed by atoms with Crippen molar-refractivity contribution in [2.45, 2.75) is 25.2 Å². The Labute approximate surface area is 150 Å². The molecule has 0 fully saturated rings. The molecule has 1 amide bonds. The van der Waals surface area contributed by atoms with Gasteiger partial charge in [-0.2, -0.15) is 0 Å². The van der Waals surface area contributed by atoms with Gasteiger partial charge >= 0.3 is 0 Å². The molecule has 7 heteroatoms. The van der Waals surface area contributed by atoms with E-state index in [1.807, 2.05) is 26.0 Å². The highest BCUT2D eigenvalue weighted by Crippen LogP contribution is 2.20. The van der Waals surface area contributed by atoms with Gasteiger partial charge in [-0.15, -0.1) is 0 Å². The number of anilines is 1.